The number of hydrogen-bond donors (Lipinski definition) is 5. The molecule has 0 aromatic carbocycles. The van der Waals surface area contributed by atoms with Crippen molar-refractivity contribution in [1.29, 1.82) is 0 Å². The summed E-state index contributed by atoms with van der Waals surface area (Å²) in [6.07, 6.45) is 20.2. The molecule has 3 aliphatic carbocycles. The van der Waals surface area contributed by atoms with E-state index in [4.69, 9.17) is 28.4 Å². The summed E-state index contributed by atoms with van der Waals surface area (Å²) in [6.45, 7) is 19.7. The van der Waals surface area contributed by atoms with Gasteiger partial charge in [0, 0.05) is 45.3 Å². The van der Waals surface area contributed by atoms with Gasteiger partial charge in [-0.25, -0.2) is 0 Å². The maximum Gasteiger partial charge on any atom is 0.311 e. The van der Waals surface area contributed by atoms with E-state index in [2.05, 4.69) is 11.8 Å². The van der Waals surface area contributed by atoms with Crippen LogP contribution in [-0.4, -0.2) is 190 Å². The average Bonchev–Trinajstić information content (AvgIpc) is 3.42. The molecule has 15 heteroatoms. The predicted octanol–water partition coefficient (Wildman–Crippen LogP) is 10.1. The first-order valence-corrected chi connectivity index (χ1v) is 33.7. The van der Waals surface area contributed by atoms with Crippen LogP contribution in [0.4, 0.5) is 0 Å². The highest BCUT2D eigenvalue weighted by molar-refractivity contribution is 7.77. The Morgan fingerprint density at radius 3 is 1.83 bits per heavy atom. The van der Waals surface area contributed by atoms with Crippen molar-refractivity contribution in [2.75, 3.05) is 47.1 Å². The SMILES string of the molecule is CC[C@H]1OC(=O)[C@H](C)[C@@H](O[C@H]2C[C@@](C)(OC)[C@@H](O)[C@H](C)O2)[C@H](C)[C@@H](O[C@@H]2O[C@H](C)C[C@H](N(C)C)[C@H]2O)[C@](C)(O)C[C@@H](C)CN(CCCCCC[P+](C2CCCCC2)(C2CCCCC2)C2CCCCC2)[C@H](C)[C@@H](O)[C@]1(C)CO. The standard InChI is InChI=1S/C62H116N2O12P/c1-14-51-60(8,40-65)55(67)45(6)64(34-26-15-16-27-35-77(47-28-20-17-21-29-47,48-30-22-18-23-31-48)49-32-24-19-25-33-49)39-41(2)37-61(9,70)57(76-59-53(66)50(63(11)12)36-42(3)72-59)43(4)54(44(5)58(69)74-51)75-52-38-62(10,71-13)56(68)46(7)73-52/h41-57,59,65-68,70H,14-40H2,1-13H3/q+1/t41-,42-,43+,44-,45-,46+,50+,51-,52+,53-,54+,55-,56+,57-,59+,60-,61-,62-/m1/s1. The number of likely N-dealkylation sites (N-methyl/N-ethyl adjacent to an activating group) is 1. The minimum absolute atomic E-state index is 0.121. The Morgan fingerprint density at radius 1 is 0.753 bits per heavy atom. The second-order valence-electron chi connectivity index (χ2n) is 27.2. The van der Waals surface area contributed by atoms with Gasteiger partial charge in [-0.05, 0) is 184 Å². The highest BCUT2D eigenvalue weighted by atomic mass is 31.2. The molecule has 5 N–H and O–H groups in total. The largest absolute Gasteiger partial charge is 0.461 e. The van der Waals surface area contributed by atoms with E-state index in [0.717, 1.165) is 36.4 Å². The summed E-state index contributed by atoms with van der Waals surface area (Å²) < 4.78 is 39.0. The van der Waals surface area contributed by atoms with Crippen LogP contribution in [0.2, 0.25) is 0 Å². The third kappa shape index (κ3) is 15.6. The molecule has 0 unspecified atom stereocenters. The first kappa shape index (κ1) is 65.6. The van der Waals surface area contributed by atoms with E-state index in [1.807, 2.05) is 60.5 Å². The third-order valence-corrected chi connectivity index (χ3v) is 27.8. The Bertz CT molecular complexity index is 1700. The molecule has 6 fully saturated rings. The van der Waals surface area contributed by atoms with Crippen molar-refractivity contribution in [3.8, 4) is 0 Å². The van der Waals surface area contributed by atoms with Crippen LogP contribution >= 0.6 is 7.26 Å². The van der Waals surface area contributed by atoms with Crippen LogP contribution in [0.25, 0.3) is 0 Å². The van der Waals surface area contributed by atoms with Crippen LogP contribution in [-0.2, 0) is 33.2 Å². The maximum absolute atomic E-state index is 14.9. The van der Waals surface area contributed by atoms with E-state index < -0.39 is 110 Å². The van der Waals surface area contributed by atoms with Gasteiger partial charge in [-0.3, -0.25) is 9.69 Å². The molecule has 0 radical (unpaired) electrons. The Morgan fingerprint density at radius 2 is 1.31 bits per heavy atom. The van der Waals surface area contributed by atoms with Crippen LogP contribution in [0.3, 0.4) is 0 Å². The Kier molecular flexibility index (Phi) is 24.9. The van der Waals surface area contributed by atoms with Gasteiger partial charge < -0.3 is 58.9 Å². The van der Waals surface area contributed by atoms with Crippen molar-refractivity contribution < 1.29 is 58.7 Å². The van der Waals surface area contributed by atoms with Gasteiger partial charge in [-0.15, -0.1) is 0 Å². The number of esters is 1. The highest BCUT2D eigenvalue weighted by Crippen LogP contribution is 2.77. The van der Waals surface area contributed by atoms with Gasteiger partial charge in [0.05, 0.1) is 82.8 Å². The van der Waals surface area contributed by atoms with Crippen LogP contribution in [0.1, 0.15) is 217 Å². The summed E-state index contributed by atoms with van der Waals surface area (Å²) in [5, 5.41) is 60.3. The van der Waals surface area contributed by atoms with Gasteiger partial charge in [0.15, 0.2) is 12.6 Å². The molecule has 3 saturated carbocycles. The summed E-state index contributed by atoms with van der Waals surface area (Å²) >= 11 is 0. The number of aliphatic hydroxyl groups is 5. The molecule has 0 bridgehead atoms. The minimum Gasteiger partial charge on any atom is -0.461 e. The molecule has 6 rings (SSSR count). The smallest absolute Gasteiger partial charge is 0.311 e. The van der Waals surface area contributed by atoms with Crippen molar-refractivity contribution in [1.82, 2.24) is 9.80 Å². The second-order valence-corrected chi connectivity index (χ2v) is 31.8. The van der Waals surface area contributed by atoms with E-state index in [0.29, 0.717) is 19.4 Å². The number of rotatable bonds is 18. The van der Waals surface area contributed by atoms with Gasteiger partial charge in [0.25, 0.3) is 0 Å². The zero-order valence-electron chi connectivity index (χ0n) is 50.9. The van der Waals surface area contributed by atoms with Crippen molar-refractivity contribution in [2.24, 2.45) is 23.2 Å². The summed E-state index contributed by atoms with van der Waals surface area (Å²) in [5.41, 5.74) is -0.851. The van der Waals surface area contributed by atoms with Crippen molar-refractivity contribution in [3.05, 3.63) is 0 Å². The van der Waals surface area contributed by atoms with E-state index in [1.54, 1.807) is 27.9 Å². The van der Waals surface area contributed by atoms with Crippen LogP contribution in [0, 0.1) is 23.2 Å². The monoisotopic (exact) mass is 1110 g/mol. The molecule has 14 nitrogen and oxygen atoms in total. The molecule has 77 heavy (non-hydrogen) atoms. The number of methoxy groups -OCH3 is 1. The van der Waals surface area contributed by atoms with E-state index in [9.17, 15) is 30.3 Å². The average molecular weight is 1110 g/mol. The molecule has 18 atom stereocenters. The fourth-order valence-electron chi connectivity index (χ4n) is 16.4. The quantitative estimate of drug-likeness (QED) is 0.0497. The molecule has 3 saturated heterocycles. The van der Waals surface area contributed by atoms with Gasteiger partial charge in [0.2, 0.25) is 0 Å². The predicted molar refractivity (Wildman–Crippen MR) is 309 cm³/mol. The summed E-state index contributed by atoms with van der Waals surface area (Å²) in [7, 11) is 4.24. The molecule has 0 aromatic heterocycles. The van der Waals surface area contributed by atoms with Crippen LogP contribution in [0.15, 0.2) is 0 Å². The summed E-state index contributed by atoms with van der Waals surface area (Å²) in [6, 6.07) is -0.699. The second kappa shape index (κ2) is 29.3. The molecular formula is C62H116N2O12P+. The lowest BCUT2D eigenvalue weighted by atomic mass is 9.75. The van der Waals surface area contributed by atoms with Gasteiger partial charge in [-0.2, -0.15) is 0 Å². The van der Waals surface area contributed by atoms with E-state index in [1.165, 1.54) is 115 Å². The molecule has 0 spiro atoms. The first-order valence-electron chi connectivity index (χ1n) is 31.5. The molecule has 3 heterocycles. The van der Waals surface area contributed by atoms with Gasteiger partial charge >= 0.3 is 5.97 Å². The Balaban J connectivity index is 1.30. The van der Waals surface area contributed by atoms with Crippen molar-refractivity contribution in [3.63, 3.8) is 0 Å². The van der Waals surface area contributed by atoms with Crippen LogP contribution in [0.5, 0.6) is 0 Å². The normalized spacial score (nSPS) is 42.0. The number of carbonyl (C=O) groups is 1. The van der Waals surface area contributed by atoms with Crippen molar-refractivity contribution >= 4 is 13.2 Å². The number of aliphatic hydroxyl groups excluding tert-OH is 4. The molecule has 0 aromatic rings. The number of unbranched alkanes of at least 4 members (excludes halogenated alkanes) is 3. The van der Waals surface area contributed by atoms with Crippen molar-refractivity contribution in [2.45, 2.75) is 319 Å². The molecule has 3 aliphatic heterocycles. The Hall–Kier alpha value is -0.580. The first-order chi connectivity index (χ1) is 36.5. The lowest BCUT2D eigenvalue weighted by Crippen LogP contribution is -2.60. The Labute approximate surface area is 468 Å². The third-order valence-electron chi connectivity index (χ3n) is 21.0. The number of cyclic esters (lactones) is 1. The number of carbonyl (C=O) groups excluding carboxylic acids is 1. The molecule has 0 amide bonds. The van der Waals surface area contributed by atoms with E-state index >= 15 is 0 Å². The molecule has 450 valence electrons. The van der Waals surface area contributed by atoms with Gasteiger partial charge in [0.1, 0.15) is 18.3 Å². The highest BCUT2D eigenvalue weighted by Gasteiger charge is 2.57. The zero-order chi connectivity index (χ0) is 56.5. The van der Waals surface area contributed by atoms with Crippen LogP contribution < -0.4 is 0 Å². The fraction of sp³-hybridized carbons (Fsp3) is 0.984. The topological polar surface area (TPSA) is 180 Å². The molecule has 6 aliphatic rings. The summed E-state index contributed by atoms with van der Waals surface area (Å²) in [5.74, 6) is -2.44. The van der Waals surface area contributed by atoms with E-state index in [-0.39, 0.29) is 30.9 Å². The molecular weight excluding hydrogens is 996 g/mol. The lowest BCUT2D eigenvalue weighted by molar-refractivity contribution is -0.318. The fourth-order valence-corrected chi connectivity index (χ4v) is 24.0. The number of nitrogens with zero attached hydrogens (tertiary/aromatic N) is 2. The number of ether oxygens (including phenoxy) is 6. The zero-order valence-corrected chi connectivity index (χ0v) is 51.8. The lowest BCUT2D eigenvalue weighted by Gasteiger charge is -2.49. The maximum atomic E-state index is 14.9. The summed E-state index contributed by atoms with van der Waals surface area (Å²) in [4.78, 5) is 19.2. The minimum atomic E-state index is -1.57. The number of hydrogen-bond acceptors (Lipinski definition) is 14. The van der Waals surface area contributed by atoms with Gasteiger partial charge in [-0.1, -0.05) is 53.4 Å².